The van der Waals surface area contributed by atoms with Crippen molar-refractivity contribution in [1.82, 2.24) is 14.5 Å². The van der Waals surface area contributed by atoms with Gasteiger partial charge in [0.1, 0.15) is 11.6 Å². The van der Waals surface area contributed by atoms with Gasteiger partial charge >= 0.3 is 8.32 Å². The zero-order chi connectivity index (χ0) is 23.8. The molecule has 0 atom stereocenters. The molecule has 0 bridgehead atoms. The van der Waals surface area contributed by atoms with Crippen LogP contribution in [0.3, 0.4) is 0 Å². The summed E-state index contributed by atoms with van der Waals surface area (Å²) in [5.74, 6) is 1.54. The molecule has 0 N–H and O–H groups in total. The lowest BCUT2D eigenvalue weighted by Crippen LogP contribution is -2.68. The quantitative estimate of drug-likeness (QED) is 0.227. The minimum atomic E-state index is -2.78. The molecule has 4 nitrogen and oxygen atoms in total. The number of fused-ring (bicyclic) bond motifs is 1. The molecule has 0 saturated heterocycles. The molecule has 2 heterocycles. The Bertz CT molecular complexity index is 1390. The highest BCUT2D eigenvalue weighted by atomic mass is 35.5. The molecule has 2 aromatic heterocycles. The Hall–Kier alpha value is -3.41. The summed E-state index contributed by atoms with van der Waals surface area (Å²) in [7, 11) is -2.78. The second kappa shape index (κ2) is 8.74. The molecule has 5 aromatic rings. The van der Waals surface area contributed by atoms with Crippen molar-refractivity contribution < 1.29 is 4.43 Å². The van der Waals surface area contributed by atoms with Crippen LogP contribution in [0.4, 0.5) is 0 Å². The van der Waals surface area contributed by atoms with E-state index >= 15 is 0 Å². The van der Waals surface area contributed by atoms with Crippen molar-refractivity contribution in [2.75, 3.05) is 0 Å². The molecule has 5 rings (SSSR count). The molecular formula is C28H26ClN3OSi. The van der Waals surface area contributed by atoms with Crippen molar-refractivity contribution in [3.05, 3.63) is 109 Å². The molecule has 0 radical (unpaired) electrons. The van der Waals surface area contributed by atoms with E-state index in [0.717, 1.165) is 16.7 Å². The van der Waals surface area contributed by atoms with Gasteiger partial charge in [-0.15, -0.1) is 0 Å². The second-order valence-electron chi connectivity index (χ2n) is 9.33. The maximum atomic E-state index is 7.33. The highest BCUT2D eigenvalue weighted by Gasteiger charge is 2.52. The summed E-state index contributed by atoms with van der Waals surface area (Å²) in [5, 5.41) is 3.57. The maximum absolute atomic E-state index is 7.33. The van der Waals surface area contributed by atoms with E-state index in [2.05, 4.69) is 104 Å². The van der Waals surface area contributed by atoms with E-state index in [1.807, 2.05) is 29.0 Å². The van der Waals surface area contributed by atoms with E-state index in [0.29, 0.717) is 5.82 Å². The van der Waals surface area contributed by atoms with Gasteiger partial charge in [-0.25, -0.2) is 4.98 Å². The summed E-state index contributed by atoms with van der Waals surface area (Å²) >= 11 is 6.12. The summed E-state index contributed by atoms with van der Waals surface area (Å²) in [6, 6.07) is 31.4. The zero-order valence-corrected chi connectivity index (χ0v) is 21.2. The molecule has 34 heavy (non-hydrogen) atoms. The van der Waals surface area contributed by atoms with Crippen LogP contribution >= 0.6 is 11.6 Å². The lowest BCUT2D eigenvalue weighted by atomic mass is 10.2. The lowest BCUT2D eigenvalue weighted by molar-refractivity contribution is 0.512. The molecular weight excluding hydrogens is 458 g/mol. The number of halogens is 1. The Balaban J connectivity index is 1.77. The largest absolute Gasteiger partial charge is 0.533 e. The standard InChI is InChI=1S/C28H26ClN3OSi/c1-28(2,3)34(21-12-6-4-7-13-21,22-14-8-5-9-15-22)33-25-20-32(24-17-11-10-16-23(24)25)26-18-19-30-27(29)31-26/h4-20H,1-3H3. The van der Waals surface area contributed by atoms with Crippen LogP contribution in [0.15, 0.2) is 103 Å². The third kappa shape index (κ3) is 3.81. The Kier molecular flexibility index (Phi) is 5.76. The number of nitrogens with zero attached hydrogens (tertiary/aromatic N) is 3. The lowest BCUT2D eigenvalue weighted by Gasteiger charge is -2.42. The van der Waals surface area contributed by atoms with Gasteiger partial charge in [0, 0.05) is 11.6 Å². The Morgan fingerprint density at radius 1 is 0.794 bits per heavy atom. The van der Waals surface area contributed by atoms with Crippen LogP contribution in [0.2, 0.25) is 10.3 Å². The molecule has 6 heteroatoms. The minimum absolute atomic E-state index is 0.142. The van der Waals surface area contributed by atoms with Gasteiger partial charge in [-0.3, -0.25) is 4.57 Å². The molecule has 0 aliphatic heterocycles. The van der Waals surface area contributed by atoms with Gasteiger partial charge in [0.2, 0.25) is 5.28 Å². The van der Waals surface area contributed by atoms with Crippen molar-refractivity contribution in [3.63, 3.8) is 0 Å². The van der Waals surface area contributed by atoms with E-state index in [9.17, 15) is 0 Å². The molecule has 0 spiro atoms. The van der Waals surface area contributed by atoms with Crippen LogP contribution < -0.4 is 14.8 Å². The van der Waals surface area contributed by atoms with Gasteiger partial charge in [0.25, 0.3) is 0 Å². The summed E-state index contributed by atoms with van der Waals surface area (Å²) in [5.41, 5.74) is 1.00. The van der Waals surface area contributed by atoms with Crippen LogP contribution in [0.25, 0.3) is 16.7 Å². The average molecular weight is 484 g/mol. The summed E-state index contributed by atoms with van der Waals surface area (Å²) < 4.78 is 9.35. The van der Waals surface area contributed by atoms with E-state index in [1.165, 1.54) is 10.4 Å². The maximum Gasteiger partial charge on any atom is 0.320 e. The third-order valence-electron chi connectivity index (χ3n) is 6.21. The number of aromatic nitrogens is 3. The van der Waals surface area contributed by atoms with Crippen LogP contribution in [0.1, 0.15) is 20.8 Å². The van der Waals surface area contributed by atoms with Crippen LogP contribution in [0, 0.1) is 0 Å². The van der Waals surface area contributed by atoms with Gasteiger partial charge in [0.05, 0.1) is 11.7 Å². The molecule has 0 saturated carbocycles. The zero-order valence-electron chi connectivity index (χ0n) is 19.4. The van der Waals surface area contributed by atoms with Gasteiger partial charge in [-0.1, -0.05) is 93.6 Å². The predicted molar refractivity (Wildman–Crippen MR) is 142 cm³/mol. The number of para-hydroxylation sites is 1. The predicted octanol–water partition coefficient (Wildman–Crippen LogP) is 6.01. The van der Waals surface area contributed by atoms with E-state index in [-0.39, 0.29) is 10.3 Å². The first-order valence-corrected chi connectivity index (χ1v) is 13.6. The number of hydrogen-bond acceptors (Lipinski definition) is 3. The summed E-state index contributed by atoms with van der Waals surface area (Å²) in [4.78, 5) is 8.48. The van der Waals surface area contributed by atoms with Gasteiger partial charge in [-0.2, -0.15) is 4.98 Å². The van der Waals surface area contributed by atoms with Crippen molar-refractivity contribution in [1.29, 1.82) is 0 Å². The van der Waals surface area contributed by atoms with Crippen LogP contribution in [0.5, 0.6) is 5.75 Å². The van der Waals surface area contributed by atoms with Crippen molar-refractivity contribution >= 4 is 41.2 Å². The highest BCUT2D eigenvalue weighted by Crippen LogP contribution is 2.40. The van der Waals surface area contributed by atoms with Crippen molar-refractivity contribution in [2.45, 2.75) is 25.8 Å². The Morgan fingerprint density at radius 3 is 1.97 bits per heavy atom. The number of hydrogen-bond donors (Lipinski definition) is 0. The second-order valence-corrected chi connectivity index (χ2v) is 13.9. The Morgan fingerprint density at radius 2 is 1.38 bits per heavy atom. The monoisotopic (exact) mass is 483 g/mol. The van der Waals surface area contributed by atoms with Gasteiger partial charge in [0.15, 0.2) is 0 Å². The van der Waals surface area contributed by atoms with E-state index < -0.39 is 8.32 Å². The molecule has 170 valence electrons. The average Bonchev–Trinajstić information content (AvgIpc) is 3.21. The molecule has 0 aliphatic carbocycles. The normalized spacial score (nSPS) is 12.1. The smallest absolute Gasteiger partial charge is 0.320 e. The van der Waals surface area contributed by atoms with Gasteiger partial charge < -0.3 is 4.43 Å². The first-order valence-electron chi connectivity index (χ1n) is 11.3. The van der Waals surface area contributed by atoms with E-state index in [1.54, 1.807) is 6.20 Å². The summed E-state index contributed by atoms with van der Waals surface area (Å²) in [6.45, 7) is 6.84. The fourth-order valence-electron chi connectivity index (χ4n) is 4.69. The molecule has 0 amide bonds. The molecule has 0 unspecified atom stereocenters. The first kappa shape index (κ1) is 22.4. The van der Waals surface area contributed by atoms with Crippen molar-refractivity contribution in [3.8, 4) is 11.6 Å². The SMILES string of the molecule is CC(C)(C)[Si](Oc1cn(-c2ccnc(Cl)n2)c2ccccc12)(c1ccccc1)c1ccccc1. The minimum Gasteiger partial charge on any atom is -0.533 e. The van der Waals surface area contributed by atoms with Crippen LogP contribution in [-0.2, 0) is 0 Å². The highest BCUT2D eigenvalue weighted by molar-refractivity contribution is 7.00. The molecule has 3 aromatic carbocycles. The fraction of sp³-hybridized carbons (Fsp3) is 0.143. The number of benzene rings is 3. The molecule has 0 aliphatic rings. The molecule has 0 fully saturated rings. The first-order chi connectivity index (χ1) is 16.4. The van der Waals surface area contributed by atoms with Gasteiger partial charge in [-0.05, 0) is 45.2 Å². The summed E-state index contributed by atoms with van der Waals surface area (Å²) in [6.07, 6.45) is 3.70. The Labute approximate surface area is 206 Å². The topological polar surface area (TPSA) is 39.9 Å². The van der Waals surface area contributed by atoms with Crippen LogP contribution in [-0.4, -0.2) is 22.9 Å². The third-order valence-corrected chi connectivity index (χ3v) is 11.3. The fourth-order valence-corrected chi connectivity index (χ4v) is 9.26. The van der Waals surface area contributed by atoms with E-state index in [4.69, 9.17) is 16.0 Å². The number of rotatable bonds is 5. The van der Waals surface area contributed by atoms with Crippen molar-refractivity contribution in [2.24, 2.45) is 0 Å².